The summed E-state index contributed by atoms with van der Waals surface area (Å²) in [6.45, 7) is 0. The van der Waals surface area contributed by atoms with Gasteiger partial charge >= 0.3 is 0 Å². The molecule has 0 bridgehead atoms. The van der Waals surface area contributed by atoms with E-state index in [0.717, 1.165) is 18.2 Å². The summed E-state index contributed by atoms with van der Waals surface area (Å²) in [6.07, 6.45) is 4.41. The van der Waals surface area contributed by atoms with E-state index in [-0.39, 0.29) is 21.5 Å². The Morgan fingerprint density at radius 2 is 1.96 bits per heavy atom. The van der Waals surface area contributed by atoms with Gasteiger partial charge in [0.1, 0.15) is 11.6 Å². The van der Waals surface area contributed by atoms with Crippen LogP contribution in [-0.2, 0) is 10.0 Å². The number of benzene rings is 2. The van der Waals surface area contributed by atoms with Gasteiger partial charge in [-0.25, -0.2) is 17.8 Å². The molecule has 3 aromatic rings. The van der Waals surface area contributed by atoms with Crippen LogP contribution >= 0.6 is 11.6 Å². The molecule has 0 aliphatic heterocycles. The van der Waals surface area contributed by atoms with Crippen molar-refractivity contribution in [3.8, 4) is 11.6 Å². The van der Waals surface area contributed by atoms with Crippen molar-refractivity contribution in [3.63, 3.8) is 0 Å². The molecule has 0 saturated heterocycles. The number of nitrogens with zero attached hydrogens (tertiary/aromatic N) is 2. The maximum atomic E-state index is 13.2. The van der Waals surface area contributed by atoms with Crippen LogP contribution in [0, 0.1) is 5.82 Å². The molecule has 2 aromatic carbocycles. The van der Waals surface area contributed by atoms with Crippen LogP contribution in [0.2, 0.25) is 5.02 Å². The van der Waals surface area contributed by atoms with Gasteiger partial charge in [-0.2, -0.15) is 0 Å². The van der Waals surface area contributed by atoms with E-state index in [1.54, 1.807) is 18.2 Å². The van der Waals surface area contributed by atoms with Gasteiger partial charge in [0, 0.05) is 18.5 Å². The molecular weight excluding hydrogens is 369 g/mol. The Labute approximate surface area is 148 Å². The van der Waals surface area contributed by atoms with E-state index in [1.807, 2.05) is 0 Å². The van der Waals surface area contributed by atoms with E-state index in [0.29, 0.717) is 5.75 Å². The van der Waals surface area contributed by atoms with Crippen LogP contribution in [0.1, 0.15) is 0 Å². The van der Waals surface area contributed by atoms with Crippen molar-refractivity contribution in [2.45, 2.75) is 4.90 Å². The van der Waals surface area contributed by atoms with Crippen molar-refractivity contribution < 1.29 is 17.5 Å². The minimum atomic E-state index is -3.93. The lowest BCUT2D eigenvalue weighted by molar-refractivity contribution is 0.460. The Kier molecular flexibility index (Phi) is 4.82. The predicted octanol–water partition coefficient (Wildman–Crippen LogP) is 3.86. The van der Waals surface area contributed by atoms with Crippen LogP contribution in [0.25, 0.3) is 0 Å². The highest BCUT2D eigenvalue weighted by Gasteiger charge is 2.16. The molecule has 3 rings (SSSR count). The lowest BCUT2D eigenvalue weighted by Crippen LogP contribution is -2.13. The fraction of sp³-hybridized carbons (Fsp3) is 0. The highest BCUT2D eigenvalue weighted by Crippen LogP contribution is 2.25. The van der Waals surface area contributed by atoms with Gasteiger partial charge in [-0.05, 0) is 30.3 Å². The molecule has 0 aliphatic carbocycles. The monoisotopic (exact) mass is 379 g/mol. The number of anilines is 1. The fourth-order valence-corrected chi connectivity index (χ4v) is 3.26. The number of aromatic nitrogens is 2. The third-order valence-electron chi connectivity index (χ3n) is 3.05. The van der Waals surface area contributed by atoms with Crippen molar-refractivity contribution in [2.75, 3.05) is 4.72 Å². The second-order valence-electron chi connectivity index (χ2n) is 4.85. The van der Waals surface area contributed by atoms with Crippen molar-refractivity contribution in [3.05, 3.63) is 71.9 Å². The molecule has 0 amide bonds. The minimum absolute atomic E-state index is 0.154. The molecule has 9 heteroatoms. The number of sulfonamides is 1. The summed E-state index contributed by atoms with van der Waals surface area (Å²) in [6, 6.07) is 9.44. The molecule has 25 heavy (non-hydrogen) atoms. The number of hydrogen-bond donors (Lipinski definition) is 1. The first-order valence-corrected chi connectivity index (χ1v) is 8.82. The lowest BCUT2D eigenvalue weighted by Gasteiger charge is -2.10. The molecule has 6 nitrogen and oxygen atoms in total. The molecule has 128 valence electrons. The van der Waals surface area contributed by atoms with Gasteiger partial charge in [0.25, 0.3) is 10.0 Å². The molecule has 0 radical (unpaired) electrons. The van der Waals surface area contributed by atoms with Gasteiger partial charge in [-0.1, -0.05) is 17.7 Å². The van der Waals surface area contributed by atoms with E-state index >= 15 is 0 Å². The summed E-state index contributed by atoms with van der Waals surface area (Å²) in [7, 11) is -3.93. The van der Waals surface area contributed by atoms with Gasteiger partial charge in [0.15, 0.2) is 0 Å². The summed E-state index contributed by atoms with van der Waals surface area (Å²) in [4.78, 5) is 7.69. The second kappa shape index (κ2) is 7.04. The van der Waals surface area contributed by atoms with Crippen LogP contribution in [-0.4, -0.2) is 18.4 Å². The highest BCUT2D eigenvalue weighted by atomic mass is 35.5. The van der Waals surface area contributed by atoms with E-state index in [4.69, 9.17) is 16.3 Å². The van der Waals surface area contributed by atoms with Crippen LogP contribution < -0.4 is 9.46 Å². The molecule has 0 spiro atoms. The molecule has 0 atom stereocenters. The number of rotatable bonds is 5. The van der Waals surface area contributed by atoms with E-state index in [9.17, 15) is 12.8 Å². The molecule has 0 aliphatic rings. The van der Waals surface area contributed by atoms with Gasteiger partial charge in [-0.3, -0.25) is 9.71 Å². The van der Waals surface area contributed by atoms with Gasteiger partial charge in [0.2, 0.25) is 5.88 Å². The summed E-state index contributed by atoms with van der Waals surface area (Å²) in [5.41, 5.74) is 0.266. The largest absolute Gasteiger partial charge is 0.437 e. The van der Waals surface area contributed by atoms with Crippen molar-refractivity contribution in [1.82, 2.24) is 9.97 Å². The predicted molar refractivity (Wildman–Crippen MR) is 90.8 cm³/mol. The fourth-order valence-electron chi connectivity index (χ4n) is 1.94. The third-order valence-corrected chi connectivity index (χ3v) is 4.72. The Morgan fingerprint density at radius 1 is 1.12 bits per heavy atom. The zero-order valence-electron chi connectivity index (χ0n) is 12.6. The van der Waals surface area contributed by atoms with E-state index < -0.39 is 15.8 Å². The third kappa shape index (κ3) is 4.23. The van der Waals surface area contributed by atoms with Crippen molar-refractivity contribution >= 4 is 27.3 Å². The topological polar surface area (TPSA) is 81.2 Å². The first-order chi connectivity index (χ1) is 11.9. The zero-order valence-corrected chi connectivity index (χ0v) is 14.1. The zero-order chi connectivity index (χ0) is 17.9. The van der Waals surface area contributed by atoms with E-state index in [2.05, 4.69) is 14.7 Å². The summed E-state index contributed by atoms with van der Waals surface area (Å²) in [5, 5.41) is -0.275. The Bertz CT molecular complexity index is 1000. The second-order valence-corrected chi connectivity index (χ2v) is 6.94. The van der Waals surface area contributed by atoms with Crippen molar-refractivity contribution in [2.24, 2.45) is 0 Å². The standard InChI is InChI=1S/C16H11ClFN3O3S/c17-14-9-13(4-5-15(14)18)25(22,23)21-11-2-1-3-12(8-11)24-16-10-19-6-7-20-16/h1-10,21H. The molecule has 1 N–H and O–H groups in total. The number of hydrogen-bond acceptors (Lipinski definition) is 5. The molecule has 1 heterocycles. The SMILES string of the molecule is O=S(=O)(Nc1cccc(Oc2cnccn2)c1)c1ccc(F)c(Cl)c1. The molecule has 1 aromatic heterocycles. The molecule has 0 saturated carbocycles. The van der Waals surface area contributed by atoms with Crippen LogP contribution in [0.5, 0.6) is 11.6 Å². The first-order valence-electron chi connectivity index (χ1n) is 6.96. The molecule has 0 unspecified atom stereocenters. The summed E-state index contributed by atoms with van der Waals surface area (Å²) >= 11 is 5.64. The summed E-state index contributed by atoms with van der Waals surface area (Å²) < 4.78 is 45.8. The number of halogens is 2. The van der Waals surface area contributed by atoms with Gasteiger partial charge < -0.3 is 4.74 Å². The van der Waals surface area contributed by atoms with Crippen molar-refractivity contribution in [1.29, 1.82) is 0 Å². The summed E-state index contributed by atoms with van der Waals surface area (Å²) in [5.74, 6) is -0.0503. The minimum Gasteiger partial charge on any atom is -0.437 e. The van der Waals surface area contributed by atoms with Crippen LogP contribution in [0.4, 0.5) is 10.1 Å². The molecule has 0 fully saturated rings. The van der Waals surface area contributed by atoms with E-state index in [1.165, 1.54) is 24.7 Å². The average Bonchev–Trinajstić information content (AvgIpc) is 2.58. The molecular formula is C16H11ClFN3O3S. The first kappa shape index (κ1) is 17.1. The smallest absolute Gasteiger partial charge is 0.261 e. The Hall–Kier alpha value is -2.71. The average molecular weight is 380 g/mol. The normalized spacial score (nSPS) is 11.1. The van der Waals surface area contributed by atoms with Gasteiger partial charge in [-0.15, -0.1) is 0 Å². The maximum absolute atomic E-state index is 13.2. The Balaban J connectivity index is 1.82. The number of nitrogens with one attached hydrogen (secondary N) is 1. The van der Waals surface area contributed by atoms with Gasteiger partial charge in [0.05, 0.1) is 21.8 Å². The maximum Gasteiger partial charge on any atom is 0.261 e. The van der Waals surface area contributed by atoms with Crippen LogP contribution in [0.3, 0.4) is 0 Å². The van der Waals surface area contributed by atoms with Crippen LogP contribution in [0.15, 0.2) is 66.0 Å². The number of ether oxygens (including phenoxy) is 1. The quantitative estimate of drug-likeness (QED) is 0.728. The Morgan fingerprint density at radius 3 is 2.68 bits per heavy atom. The highest BCUT2D eigenvalue weighted by molar-refractivity contribution is 7.92. The lowest BCUT2D eigenvalue weighted by atomic mass is 10.3.